The molecule has 0 amide bonds. The highest BCUT2D eigenvalue weighted by Gasteiger charge is 2.25. The number of rotatable bonds is 0. The van der Waals surface area contributed by atoms with Crippen molar-refractivity contribution in [1.82, 2.24) is 10.3 Å². The molecule has 1 N–H and O–H groups in total. The van der Waals surface area contributed by atoms with Crippen LogP contribution in [0.2, 0.25) is 0 Å². The van der Waals surface area contributed by atoms with Crippen LogP contribution in [0.15, 0.2) is 42.1 Å². The van der Waals surface area contributed by atoms with Gasteiger partial charge in [0.15, 0.2) is 11.6 Å². The average Bonchev–Trinajstić information content (AvgIpc) is 2.73. The molecule has 1 fully saturated rings. The smallest absolute Gasteiger partial charge is 0.165 e. The van der Waals surface area contributed by atoms with E-state index in [1.165, 1.54) is 11.6 Å². The predicted octanol–water partition coefficient (Wildman–Crippen LogP) is 3.30. The second-order valence-corrected chi connectivity index (χ2v) is 5.64. The molecule has 3 nitrogen and oxygen atoms in total. The lowest BCUT2D eigenvalue weighted by Gasteiger charge is -2.21. The number of benzene rings is 1. The molecule has 0 radical (unpaired) electrons. The van der Waals surface area contributed by atoms with Crippen molar-refractivity contribution in [1.29, 1.82) is 0 Å². The van der Waals surface area contributed by atoms with Gasteiger partial charge in [-0.1, -0.05) is 23.8 Å². The monoisotopic (exact) mass is 296 g/mol. The fraction of sp³-hybridized carbons (Fsp3) is 0.278. The number of nitrogens with one attached hydrogen (secondary N) is 1. The summed E-state index contributed by atoms with van der Waals surface area (Å²) in [6.45, 7) is 2.26. The number of para-hydroxylation sites is 1. The number of fused-ring (bicyclic) bond motifs is 2. The summed E-state index contributed by atoms with van der Waals surface area (Å²) >= 11 is 0. The molecule has 2 aliphatic rings. The number of nitrogens with zero attached hydrogens (tertiary/aromatic N) is 1. The SMILES string of the molecule is Fc1cccc2c1OCc1cccnc1C2=C1CCNCC1. The van der Waals surface area contributed by atoms with Crippen molar-refractivity contribution in [2.45, 2.75) is 19.4 Å². The topological polar surface area (TPSA) is 34.1 Å². The summed E-state index contributed by atoms with van der Waals surface area (Å²) in [5.74, 6) is 0.0406. The maximum Gasteiger partial charge on any atom is 0.165 e. The summed E-state index contributed by atoms with van der Waals surface area (Å²) in [7, 11) is 0. The van der Waals surface area contributed by atoms with Gasteiger partial charge in [0.25, 0.3) is 0 Å². The Hall–Kier alpha value is -2.20. The van der Waals surface area contributed by atoms with Gasteiger partial charge < -0.3 is 10.1 Å². The molecule has 1 aromatic heterocycles. The Morgan fingerprint density at radius 1 is 1.09 bits per heavy atom. The zero-order valence-electron chi connectivity index (χ0n) is 12.2. The highest BCUT2D eigenvalue weighted by molar-refractivity contribution is 5.85. The summed E-state index contributed by atoms with van der Waals surface area (Å²) in [5, 5.41) is 3.37. The molecule has 112 valence electrons. The summed E-state index contributed by atoms with van der Waals surface area (Å²) in [4.78, 5) is 4.58. The van der Waals surface area contributed by atoms with Crippen LogP contribution in [0.25, 0.3) is 5.57 Å². The average molecular weight is 296 g/mol. The third-order valence-electron chi connectivity index (χ3n) is 4.30. The first-order chi connectivity index (χ1) is 10.8. The molecule has 0 saturated carbocycles. The molecule has 2 aliphatic heterocycles. The van der Waals surface area contributed by atoms with E-state index in [0.717, 1.165) is 48.3 Å². The van der Waals surface area contributed by atoms with Crippen molar-refractivity contribution >= 4 is 5.57 Å². The van der Waals surface area contributed by atoms with Gasteiger partial charge >= 0.3 is 0 Å². The number of ether oxygens (including phenoxy) is 1. The van der Waals surface area contributed by atoms with Gasteiger partial charge in [-0.05, 0) is 38.1 Å². The molecule has 0 atom stereocenters. The minimum Gasteiger partial charge on any atom is -0.485 e. The molecule has 0 spiro atoms. The van der Waals surface area contributed by atoms with E-state index in [1.807, 2.05) is 18.2 Å². The molecule has 4 heteroatoms. The van der Waals surface area contributed by atoms with Crippen LogP contribution < -0.4 is 10.1 Å². The van der Waals surface area contributed by atoms with Crippen LogP contribution in [-0.4, -0.2) is 18.1 Å². The van der Waals surface area contributed by atoms with Crippen LogP contribution in [0.4, 0.5) is 4.39 Å². The van der Waals surface area contributed by atoms with Crippen LogP contribution >= 0.6 is 0 Å². The van der Waals surface area contributed by atoms with E-state index in [1.54, 1.807) is 12.3 Å². The fourth-order valence-electron chi connectivity index (χ4n) is 3.25. The summed E-state index contributed by atoms with van der Waals surface area (Å²) in [5.41, 5.74) is 5.16. The normalized spacial score (nSPS) is 17.3. The molecular formula is C18H17FN2O. The zero-order chi connectivity index (χ0) is 14.9. The minimum atomic E-state index is -0.308. The Bertz CT molecular complexity index is 747. The van der Waals surface area contributed by atoms with Crippen molar-refractivity contribution in [3.8, 4) is 5.75 Å². The molecular weight excluding hydrogens is 279 g/mol. The molecule has 1 saturated heterocycles. The lowest BCUT2D eigenvalue weighted by Crippen LogP contribution is -2.24. The molecule has 0 unspecified atom stereocenters. The van der Waals surface area contributed by atoms with Gasteiger partial charge in [-0.2, -0.15) is 0 Å². The quantitative estimate of drug-likeness (QED) is 0.810. The largest absolute Gasteiger partial charge is 0.485 e. The van der Waals surface area contributed by atoms with Crippen LogP contribution in [0, 0.1) is 5.82 Å². The maximum absolute atomic E-state index is 14.2. The van der Waals surface area contributed by atoms with Gasteiger partial charge in [0, 0.05) is 22.9 Å². The van der Waals surface area contributed by atoms with Crippen LogP contribution in [0.3, 0.4) is 0 Å². The van der Waals surface area contributed by atoms with E-state index in [-0.39, 0.29) is 5.82 Å². The van der Waals surface area contributed by atoms with Crippen LogP contribution in [0.5, 0.6) is 5.75 Å². The van der Waals surface area contributed by atoms with Gasteiger partial charge in [-0.15, -0.1) is 0 Å². The third kappa shape index (κ3) is 2.20. The van der Waals surface area contributed by atoms with E-state index in [9.17, 15) is 4.39 Å². The number of piperidine rings is 1. The number of hydrogen-bond acceptors (Lipinski definition) is 3. The third-order valence-corrected chi connectivity index (χ3v) is 4.30. The number of halogens is 1. The molecule has 4 rings (SSSR count). The first-order valence-corrected chi connectivity index (χ1v) is 7.63. The van der Waals surface area contributed by atoms with Crippen molar-refractivity contribution in [2.75, 3.05) is 13.1 Å². The van der Waals surface area contributed by atoms with E-state index < -0.39 is 0 Å². The number of aromatic nitrogens is 1. The Labute approximate surface area is 128 Å². The van der Waals surface area contributed by atoms with Crippen LogP contribution in [0.1, 0.15) is 29.7 Å². The Balaban J connectivity index is 2.00. The first-order valence-electron chi connectivity index (χ1n) is 7.63. The molecule has 22 heavy (non-hydrogen) atoms. The standard InChI is InChI=1S/C18H17FN2O/c19-15-5-1-4-14-16(12-6-9-20-10-7-12)17-13(3-2-8-21-17)11-22-18(14)15/h1-5,8,20H,6-7,9-11H2. The summed E-state index contributed by atoms with van der Waals surface area (Å²) in [6.07, 6.45) is 3.72. The van der Waals surface area contributed by atoms with Crippen molar-refractivity contribution in [3.05, 3.63) is 64.7 Å². The predicted molar refractivity (Wildman–Crippen MR) is 83.1 cm³/mol. The number of hydrogen-bond donors (Lipinski definition) is 1. The van der Waals surface area contributed by atoms with Crippen molar-refractivity contribution in [3.63, 3.8) is 0 Å². The van der Waals surface area contributed by atoms with Crippen molar-refractivity contribution < 1.29 is 9.13 Å². The van der Waals surface area contributed by atoms with Gasteiger partial charge in [0.1, 0.15) is 6.61 Å². The van der Waals surface area contributed by atoms with Gasteiger partial charge in [0.2, 0.25) is 0 Å². The molecule has 2 aromatic rings. The van der Waals surface area contributed by atoms with E-state index in [0.29, 0.717) is 12.4 Å². The Morgan fingerprint density at radius 3 is 2.82 bits per heavy atom. The summed E-state index contributed by atoms with van der Waals surface area (Å²) in [6, 6.07) is 9.04. The second-order valence-electron chi connectivity index (χ2n) is 5.64. The fourth-order valence-corrected chi connectivity index (χ4v) is 3.25. The minimum absolute atomic E-state index is 0.308. The van der Waals surface area contributed by atoms with Gasteiger partial charge in [-0.3, -0.25) is 4.98 Å². The number of pyridine rings is 1. The molecule has 0 bridgehead atoms. The van der Waals surface area contributed by atoms with E-state index in [4.69, 9.17) is 4.74 Å². The Kier molecular flexibility index (Phi) is 3.39. The second kappa shape index (κ2) is 5.54. The maximum atomic E-state index is 14.2. The first kappa shape index (κ1) is 13.5. The zero-order valence-corrected chi connectivity index (χ0v) is 12.2. The lowest BCUT2D eigenvalue weighted by molar-refractivity contribution is 0.291. The van der Waals surface area contributed by atoms with Crippen LogP contribution in [-0.2, 0) is 6.61 Å². The van der Waals surface area contributed by atoms with Gasteiger partial charge in [-0.25, -0.2) is 4.39 Å². The molecule has 3 heterocycles. The molecule has 1 aromatic carbocycles. The highest BCUT2D eigenvalue weighted by Crippen LogP contribution is 2.40. The Morgan fingerprint density at radius 2 is 1.95 bits per heavy atom. The van der Waals surface area contributed by atoms with Gasteiger partial charge in [0.05, 0.1) is 5.69 Å². The lowest BCUT2D eigenvalue weighted by atomic mass is 9.89. The molecule has 0 aliphatic carbocycles. The summed E-state index contributed by atoms with van der Waals surface area (Å²) < 4.78 is 20.0. The highest BCUT2D eigenvalue weighted by atomic mass is 19.1. The van der Waals surface area contributed by atoms with E-state index in [2.05, 4.69) is 10.3 Å². The van der Waals surface area contributed by atoms with Crippen molar-refractivity contribution in [2.24, 2.45) is 0 Å². The van der Waals surface area contributed by atoms with E-state index >= 15 is 0 Å².